The van der Waals surface area contributed by atoms with Crippen LogP contribution in [0.1, 0.15) is 10.4 Å². The third-order valence-electron chi connectivity index (χ3n) is 2.23. The Hall–Kier alpha value is -1.63. The second-order valence-corrected chi connectivity index (χ2v) is 5.52. The topological polar surface area (TPSA) is 17.1 Å². The maximum absolute atomic E-state index is 11.8. The minimum atomic E-state index is 0.0726. The normalized spacial score (nSPS) is 10.6. The SMILES string of the molecule is O=C(/C=C\[Se]c1ccccc1)c1ccccc1. The van der Waals surface area contributed by atoms with Gasteiger partial charge in [0.2, 0.25) is 0 Å². The van der Waals surface area contributed by atoms with Crippen LogP contribution in [-0.4, -0.2) is 20.7 Å². The fourth-order valence-electron chi connectivity index (χ4n) is 1.37. The van der Waals surface area contributed by atoms with Gasteiger partial charge in [-0.15, -0.1) is 0 Å². The zero-order chi connectivity index (χ0) is 11.9. The van der Waals surface area contributed by atoms with Crippen LogP contribution in [0.2, 0.25) is 0 Å². The van der Waals surface area contributed by atoms with Crippen molar-refractivity contribution in [2.24, 2.45) is 0 Å². The van der Waals surface area contributed by atoms with E-state index in [0.717, 1.165) is 5.56 Å². The molecule has 0 unspecified atom stereocenters. The molecule has 0 aromatic heterocycles. The average Bonchev–Trinajstić information content (AvgIpc) is 2.41. The predicted molar refractivity (Wildman–Crippen MR) is 71.7 cm³/mol. The van der Waals surface area contributed by atoms with E-state index in [1.165, 1.54) is 4.46 Å². The van der Waals surface area contributed by atoms with Crippen LogP contribution in [0.3, 0.4) is 0 Å². The van der Waals surface area contributed by atoms with E-state index in [9.17, 15) is 4.79 Å². The fraction of sp³-hybridized carbons (Fsp3) is 0. The van der Waals surface area contributed by atoms with Crippen molar-refractivity contribution in [1.29, 1.82) is 0 Å². The standard InChI is InChI=1S/C15H12OSe/c16-15(13-7-3-1-4-8-13)11-12-17-14-9-5-2-6-10-14/h1-12H/b12-11-. The molecule has 0 aliphatic carbocycles. The molecule has 0 spiro atoms. The molecule has 2 aromatic carbocycles. The van der Waals surface area contributed by atoms with E-state index in [4.69, 9.17) is 0 Å². The van der Waals surface area contributed by atoms with Gasteiger partial charge in [0.05, 0.1) is 0 Å². The first-order valence-corrected chi connectivity index (χ1v) is 7.18. The zero-order valence-corrected chi connectivity index (χ0v) is 11.0. The molecule has 0 saturated carbocycles. The molecular weight excluding hydrogens is 275 g/mol. The molecule has 0 radical (unpaired) electrons. The molecule has 17 heavy (non-hydrogen) atoms. The number of hydrogen-bond acceptors (Lipinski definition) is 1. The number of carbonyl (C=O) groups is 1. The first kappa shape index (κ1) is 11.8. The van der Waals surface area contributed by atoms with Gasteiger partial charge in [0.15, 0.2) is 0 Å². The molecule has 0 aliphatic rings. The Balaban J connectivity index is 1.96. The van der Waals surface area contributed by atoms with Crippen molar-refractivity contribution in [3.05, 3.63) is 77.3 Å². The van der Waals surface area contributed by atoms with Crippen LogP contribution in [-0.2, 0) is 0 Å². The summed E-state index contributed by atoms with van der Waals surface area (Å²) in [5.74, 6) is 0.0726. The third-order valence-corrected chi connectivity index (χ3v) is 3.94. The van der Waals surface area contributed by atoms with Gasteiger partial charge in [0.1, 0.15) is 0 Å². The first-order chi connectivity index (χ1) is 8.36. The average molecular weight is 287 g/mol. The van der Waals surface area contributed by atoms with Crippen LogP contribution in [0.4, 0.5) is 0 Å². The second-order valence-electron chi connectivity index (χ2n) is 3.46. The van der Waals surface area contributed by atoms with E-state index in [2.05, 4.69) is 12.1 Å². The summed E-state index contributed by atoms with van der Waals surface area (Å²) in [5, 5.41) is 0. The molecule has 0 fully saturated rings. The van der Waals surface area contributed by atoms with Gasteiger partial charge in [0, 0.05) is 0 Å². The van der Waals surface area contributed by atoms with Gasteiger partial charge in [0.25, 0.3) is 0 Å². The van der Waals surface area contributed by atoms with E-state index in [0.29, 0.717) is 0 Å². The number of rotatable bonds is 4. The third kappa shape index (κ3) is 3.70. The number of carbonyl (C=O) groups excluding carboxylic acids is 1. The number of ketones is 1. The summed E-state index contributed by atoms with van der Waals surface area (Å²) < 4.78 is 1.28. The Morgan fingerprint density at radius 3 is 2.12 bits per heavy atom. The monoisotopic (exact) mass is 288 g/mol. The Labute approximate surface area is 107 Å². The summed E-state index contributed by atoms with van der Waals surface area (Å²) in [6.45, 7) is 0. The molecule has 0 amide bonds. The van der Waals surface area contributed by atoms with Gasteiger partial charge in [-0.3, -0.25) is 0 Å². The van der Waals surface area contributed by atoms with Crippen LogP contribution in [0.25, 0.3) is 0 Å². The van der Waals surface area contributed by atoms with Crippen LogP contribution < -0.4 is 4.46 Å². The molecule has 0 N–H and O–H groups in total. The molecular formula is C15H12OSe. The Morgan fingerprint density at radius 2 is 1.47 bits per heavy atom. The van der Waals surface area contributed by atoms with Crippen molar-refractivity contribution in [2.45, 2.75) is 0 Å². The van der Waals surface area contributed by atoms with Gasteiger partial charge in [-0.05, 0) is 0 Å². The van der Waals surface area contributed by atoms with Crippen molar-refractivity contribution in [2.75, 3.05) is 0 Å². The van der Waals surface area contributed by atoms with E-state index >= 15 is 0 Å². The summed E-state index contributed by atoms with van der Waals surface area (Å²) in [4.78, 5) is 13.7. The van der Waals surface area contributed by atoms with Crippen LogP contribution in [0.5, 0.6) is 0 Å². The summed E-state index contributed by atoms with van der Waals surface area (Å²) in [5.41, 5.74) is 0.743. The fourth-order valence-corrected chi connectivity index (χ4v) is 2.76. The van der Waals surface area contributed by atoms with Crippen molar-refractivity contribution in [1.82, 2.24) is 0 Å². The number of hydrogen-bond donors (Lipinski definition) is 0. The summed E-state index contributed by atoms with van der Waals surface area (Å²) >= 11 is 0.228. The molecule has 2 rings (SSSR count). The first-order valence-electron chi connectivity index (χ1n) is 5.34. The van der Waals surface area contributed by atoms with Crippen LogP contribution in [0, 0.1) is 0 Å². The number of allylic oxidation sites excluding steroid dienone is 1. The molecule has 0 aliphatic heterocycles. The Kier molecular flexibility index (Phi) is 4.31. The molecule has 2 heteroatoms. The van der Waals surface area contributed by atoms with E-state index in [-0.39, 0.29) is 20.7 Å². The van der Waals surface area contributed by atoms with Gasteiger partial charge in [-0.2, -0.15) is 0 Å². The van der Waals surface area contributed by atoms with Gasteiger partial charge in [-0.25, -0.2) is 0 Å². The second kappa shape index (κ2) is 6.19. The van der Waals surface area contributed by atoms with Crippen molar-refractivity contribution in [3.8, 4) is 0 Å². The van der Waals surface area contributed by atoms with Crippen LogP contribution in [0.15, 0.2) is 71.7 Å². The molecule has 0 heterocycles. The van der Waals surface area contributed by atoms with Crippen molar-refractivity contribution < 1.29 is 4.79 Å². The maximum atomic E-state index is 11.8. The van der Waals surface area contributed by atoms with E-state index < -0.39 is 0 Å². The minimum absolute atomic E-state index is 0.0726. The Bertz CT molecular complexity index is 503. The molecule has 0 atom stereocenters. The molecule has 0 bridgehead atoms. The molecule has 0 saturated heterocycles. The summed E-state index contributed by atoms with van der Waals surface area (Å²) in [6, 6.07) is 19.5. The van der Waals surface area contributed by atoms with Gasteiger partial charge >= 0.3 is 107 Å². The van der Waals surface area contributed by atoms with E-state index in [1.54, 1.807) is 6.08 Å². The van der Waals surface area contributed by atoms with Gasteiger partial charge < -0.3 is 0 Å². The van der Waals surface area contributed by atoms with Gasteiger partial charge in [-0.1, -0.05) is 0 Å². The Morgan fingerprint density at radius 1 is 0.882 bits per heavy atom. The zero-order valence-electron chi connectivity index (χ0n) is 9.24. The van der Waals surface area contributed by atoms with Crippen molar-refractivity contribution >= 4 is 25.2 Å². The van der Waals surface area contributed by atoms with E-state index in [1.807, 2.05) is 53.5 Å². The molecule has 84 valence electrons. The quantitative estimate of drug-likeness (QED) is 0.479. The summed E-state index contributed by atoms with van der Waals surface area (Å²) in [7, 11) is 0. The molecule has 2 aromatic rings. The molecule has 1 nitrogen and oxygen atoms in total. The predicted octanol–water partition coefficient (Wildman–Crippen LogP) is 2.41. The van der Waals surface area contributed by atoms with Crippen molar-refractivity contribution in [3.63, 3.8) is 0 Å². The number of benzene rings is 2. The summed E-state index contributed by atoms with van der Waals surface area (Å²) in [6.07, 6.45) is 1.67. The van der Waals surface area contributed by atoms with Crippen LogP contribution >= 0.6 is 0 Å².